The van der Waals surface area contributed by atoms with Gasteiger partial charge in [0.05, 0.1) is 24.1 Å². The number of aryl methyl sites for hydroxylation is 2. The predicted molar refractivity (Wildman–Crippen MR) is 67.3 cm³/mol. The van der Waals surface area contributed by atoms with Gasteiger partial charge in [0.2, 0.25) is 10.0 Å². The van der Waals surface area contributed by atoms with E-state index >= 15 is 0 Å². The molecule has 1 unspecified atom stereocenters. The maximum atomic E-state index is 12.5. The first-order valence-electron chi connectivity index (χ1n) is 5.66. The number of nitrogens with one attached hydrogen (secondary N) is 1. The molecule has 0 bridgehead atoms. The van der Waals surface area contributed by atoms with Gasteiger partial charge in [-0.05, 0) is 13.8 Å². The molecule has 102 valence electrons. The number of halogens is 1. The van der Waals surface area contributed by atoms with E-state index in [0.717, 1.165) is 0 Å². The quantitative estimate of drug-likeness (QED) is 0.831. The van der Waals surface area contributed by atoms with E-state index in [1.165, 1.54) is 4.31 Å². The Labute approximate surface area is 111 Å². The SMILES string of the molecule is Cc1n[nH]c(C)c1S(=O)(=O)N1CCOC(CCl)C1. The molecule has 1 aromatic heterocycles. The van der Waals surface area contributed by atoms with Crippen LogP contribution < -0.4 is 0 Å². The molecule has 1 saturated heterocycles. The fraction of sp³-hybridized carbons (Fsp3) is 0.700. The summed E-state index contributed by atoms with van der Waals surface area (Å²) in [6.07, 6.45) is -0.247. The highest BCUT2D eigenvalue weighted by molar-refractivity contribution is 7.89. The molecule has 0 amide bonds. The molecule has 1 N–H and O–H groups in total. The van der Waals surface area contributed by atoms with Crippen LogP contribution in [-0.2, 0) is 14.8 Å². The maximum absolute atomic E-state index is 12.5. The number of H-pyrrole nitrogens is 1. The van der Waals surface area contributed by atoms with Crippen molar-refractivity contribution in [1.29, 1.82) is 0 Å². The third-order valence-electron chi connectivity index (χ3n) is 2.93. The van der Waals surface area contributed by atoms with Crippen LogP contribution in [0.4, 0.5) is 0 Å². The molecule has 0 spiro atoms. The molecule has 8 heteroatoms. The summed E-state index contributed by atoms with van der Waals surface area (Å²) in [7, 11) is -3.52. The van der Waals surface area contributed by atoms with Crippen LogP contribution >= 0.6 is 11.6 Å². The summed E-state index contributed by atoms with van der Waals surface area (Å²) in [5.74, 6) is 0.287. The van der Waals surface area contributed by atoms with Crippen LogP contribution in [0, 0.1) is 13.8 Å². The van der Waals surface area contributed by atoms with Crippen molar-refractivity contribution in [3.8, 4) is 0 Å². The van der Waals surface area contributed by atoms with Crippen LogP contribution in [0.25, 0.3) is 0 Å². The number of sulfonamides is 1. The average molecular weight is 294 g/mol. The van der Waals surface area contributed by atoms with Gasteiger partial charge in [-0.1, -0.05) is 0 Å². The van der Waals surface area contributed by atoms with Crippen molar-refractivity contribution >= 4 is 21.6 Å². The Morgan fingerprint density at radius 3 is 2.83 bits per heavy atom. The van der Waals surface area contributed by atoms with Gasteiger partial charge in [0.15, 0.2) is 0 Å². The topological polar surface area (TPSA) is 75.3 Å². The van der Waals surface area contributed by atoms with Gasteiger partial charge < -0.3 is 4.74 Å². The van der Waals surface area contributed by atoms with Crippen molar-refractivity contribution in [1.82, 2.24) is 14.5 Å². The molecule has 2 rings (SSSR count). The van der Waals surface area contributed by atoms with Crippen molar-refractivity contribution in [3.05, 3.63) is 11.4 Å². The number of hydrogen-bond donors (Lipinski definition) is 1. The highest BCUT2D eigenvalue weighted by Crippen LogP contribution is 2.23. The third kappa shape index (κ3) is 2.40. The lowest BCUT2D eigenvalue weighted by Gasteiger charge is -2.31. The minimum Gasteiger partial charge on any atom is -0.374 e. The summed E-state index contributed by atoms with van der Waals surface area (Å²) in [6.45, 7) is 4.38. The zero-order chi connectivity index (χ0) is 13.3. The molecular formula is C10H16ClN3O3S. The Balaban J connectivity index is 2.31. The van der Waals surface area contributed by atoms with E-state index in [1.54, 1.807) is 13.8 Å². The second kappa shape index (κ2) is 5.16. The van der Waals surface area contributed by atoms with E-state index in [2.05, 4.69) is 10.2 Å². The fourth-order valence-corrected chi connectivity index (χ4v) is 4.03. The molecule has 0 aromatic carbocycles. The third-order valence-corrected chi connectivity index (χ3v) is 5.41. The van der Waals surface area contributed by atoms with Gasteiger partial charge >= 0.3 is 0 Å². The second-order valence-electron chi connectivity index (χ2n) is 4.27. The summed E-state index contributed by atoms with van der Waals surface area (Å²) in [5.41, 5.74) is 1.04. The summed E-state index contributed by atoms with van der Waals surface area (Å²) in [5, 5.41) is 6.62. The number of ether oxygens (including phenoxy) is 1. The molecule has 1 aliphatic rings. The molecule has 18 heavy (non-hydrogen) atoms. The number of rotatable bonds is 3. The molecule has 6 nitrogen and oxygen atoms in total. The highest BCUT2D eigenvalue weighted by Gasteiger charge is 2.33. The molecule has 0 aliphatic carbocycles. The summed E-state index contributed by atoms with van der Waals surface area (Å²) >= 11 is 5.72. The Morgan fingerprint density at radius 1 is 1.56 bits per heavy atom. The van der Waals surface area contributed by atoms with Gasteiger partial charge in [-0.15, -0.1) is 11.6 Å². The monoisotopic (exact) mass is 293 g/mol. The van der Waals surface area contributed by atoms with Crippen molar-refractivity contribution in [3.63, 3.8) is 0 Å². The van der Waals surface area contributed by atoms with Crippen molar-refractivity contribution in [2.24, 2.45) is 0 Å². The molecule has 1 aliphatic heterocycles. The molecule has 1 atom stereocenters. The van der Waals surface area contributed by atoms with Gasteiger partial charge in [0.25, 0.3) is 0 Å². The van der Waals surface area contributed by atoms with Crippen molar-refractivity contribution in [2.45, 2.75) is 24.8 Å². The van der Waals surface area contributed by atoms with Gasteiger partial charge in [-0.3, -0.25) is 5.10 Å². The average Bonchev–Trinajstić information content (AvgIpc) is 2.69. The van der Waals surface area contributed by atoms with Crippen molar-refractivity contribution in [2.75, 3.05) is 25.6 Å². The first-order chi connectivity index (χ1) is 8.46. The molecule has 1 fully saturated rings. The highest BCUT2D eigenvalue weighted by atomic mass is 35.5. The van der Waals surface area contributed by atoms with Crippen LogP contribution in [0.15, 0.2) is 4.90 Å². The van der Waals surface area contributed by atoms with E-state index in [4.69, 9.17) is 16.3 Å². The molecular weight excluding hydrogens is 278 g/mol. The molecule has 0 saturated carbocycles. The largest absolute Gasteiger partial charge is 0.374 e. The fourth-order valence-electron chi connectivity index (χ4n) is 2.05. The van der Waals surface area contributed by atoms with Crippen LogP contribution in [0.5, 0.6) is 0 Å². The normalized spacial score (nSPS) is 22.3. The van der Waals surface area contributed by atoms with E-state index in [1.807, 2.05) is 0 Å². The number of alkyl halides is 1. The maximum Gasteiger partial charge on any atom is 0.246 e. The zero-order valence-corrected chi connectivity index (χ0v) is 11.9. The summed E-state index contributed by atoms with van der Waals surface area (Å²) in [6, 6.07) is 0. The van der Waals surface area contributed by atoms with E-state index in [0.29, 0.717) is 24.5 Å². The lowest BCUT2D eigenvalue weighted by atomic mass is 10.3. The van der Waals surface area contributed by atoms with E-state index in [9.17, 15) is 8.42 Å². The summed E-state index contributed by atoms with van der Waals surface area (Å²) < 4.78 is 31.8. The van der Waals surface area contributed by atoms with Crippen LogP contribution in [0.2, 0.25) is 0 Å². The lowest BCUT2D eigenvalue weighted by Crippen LogP contribution is -2.46. The van der Waals surface area contributed by atoms with E-state index in [-0.39, 0.29) is 23.4 Å². The first-order valence-corrected chi connectivity index (χ1v) is 7.63. The zero-order valence-electron chi connectivity index (χ0n) is 10.3. The molecule has 0 radical (unpaired) electrons. The van der Waals surface area contributed by atoms with Crippen molar-refractivity contribution < 1.29 is 13.2 Å². The number of morpholine rings is 1. The van der Waals surface area contributed by atoms with Gasteiger partial charge in [-0.25, -0.2) is 8.42 Å². The standard InChI is InChI=1S/C10H16ClN3O3S/c1-7-10(8(2)13-12-7)18(15,16)14-3-4-17-9(5-11)6-14/h9H,3-6H2,1-2H3,(H,12,13). The minimum absolute atomic E-state index is 0.247. The van der Waals surface area contributed by atoms with Gasteiger partial charge in [0.1, 0.15) is 4.90 Å². The van der Waals surface area contributed by atoms with Crippen LogP contribution in [0.3, 0.4) is 0 Å². The predicted octanol–water partition coefficient (Wildman–Crippen LogP) is 0.655. The molecule has 1 aromatic rings. The summed E-state index contributed by atoms with van der Waals surface area (Å²) in [4.78, 5) is 0.262. The second-order valence-corrected chi connectivity index (χ2v) is 6.46. The smallest absolute Gasteiger partial charge is 0.246 e. The van der Waals surface area contributed by atoms with Gasteiger partial charge in [0, 0.05) is 19.0 Å². The van der Waals surface area contributed by atoms with Gasteiger partial charge in [-0.2, -0.15) is 9.40 Å². The Morgan fingerprint density at radius 2 is 2.28 bits per heavy atom. The van der Waals surface area contributed by atoms with E-state index < -0.39 is 10.0 Å². The Kier molecular flexibility index (Phi) is 3.96. The Hall–Kier alpha value is -0.630. The van der Waals surface area contributed by atoms with Crippen LogP contribution in [-0.4, -0.2) is 54.6 Å². The molecule has 2 heterocycles. The Bertz CT molecular complexity index is 509. The number of aromatic amines is 1. The number of hydrogen-bond acceptors (Lipinski definition) is 4. The first kappa shape index (κ1) is 13.8. The van der Waals surface area contributed by atoms with Crippen LogP contribution in [0.1, 0.15) is 11.4 Å². The number of nitrogens with zero attached hydrogens (tertiary/aromatic N) is 2. The number of aromatic nitrogens is 2. The lowest BCUT2D eigenvalue weighted by molar-refractivity contribution is 0.0122. The minimum atomic E-state index is -3.52.